The highest BCUT2D eigenvalue weighted by molar-refractivity contribution is 9.10. The average molecular weight is 559 g/mol. The Morgan fingerprint density at radius 3 is 2.65 bits per heavy atom. The second kappa shape index (κ2) is 9.94. The van der Waals surface area contributed by atoms with Gasteiger partial charge in [0.05, 0.1) is 16.4 Å². The first-order valence-corrected chi connectivity index (χ1v) is 12.6. The molecule has 9 heteroatoms. The molecule has 0 atom stereocenters. The van der Waals surface area contributed by atoms with Crippen molar-refractivity contribution in [2.24, 2.45) is 5.92 Å². The molecule has 34 heavy (non-hydrogen) atoms. The van der Waals surface area contributed by atoms with Crippen molar-refractivity contribution in [3.63, 3.8) is 0 Å². The third-order valence-corrected chi connectivity index (χ3v) is 7.25. The lowest BCUT2D eigenvalue weighted by Gasteiger charge is -2.32. The quantitative estimate of drug-likeness (QED) is 0.306. The van der Waals surface area contributed by atoms with Gasteiger partial charge in [-0.3, -0.25) is 4.79 Å². The summed E-state index contributed by atoms with van der Waals surface area (Å²) in [5, 5.41) is 9.25. The first kappa shape index (κ1) is 23.1. The van der Waals surface area contributed by atoms with E-state index in [1.807, 2.05) is 47.4 Å². The maximum atomic E-state index is 12.8. The number of benzene rings is 2. The summed E-state index contributed by atoms with van der Waals surface area (Å²) in [6.45, 7) is 2.22. The molecule has 0 radical (unpaired) electrons. The fourth-order valence-electron chi connectivity index (χ4n) is 4.26. The van der Waals surface area contributed by atoms with Crippen LogP contribution in [0.2, 0.25) is 10.0 Å². The number of hydrogen-bond acceptors (Lipinski definition) is 4. The molecule has 1 N–H and O–H groups in total. The first-order valence-electron chi connectivity index (χ1n) is 11.1. The zero-order valence-electron chi connectivity index (χ0n) is 18.2. The number of carbonyl (C=O) groups excluding carboxylic acids is 1. The lowest BCUT2D eigenvalue weighted by molar-refractivity contribution is 0.0695. The third-order valence-electron chi connectivity index (χ3n) is 6.12. The molecular formula is C25H22BrCl2N5O. The number of likely N-dealkylation sites (tertiary alicyclic amines) is 1. The third kappa shape index (κ3) is 4.78. The van der Waals surface area contributed by atoms with Crippen molar-refractivity contribution in [2.45, 2.75) is 12.8 Å². The van der Waals surface area contributed by atoms with Gasteiger partial charge in [0.1, 0.15) is 5.82 Å². The number of aromatic nitrogens is 3. The summed E-state index contributed by atoms with van der Waals surface area (Å²) in [5.74, 6) is 1.33. The molecule has 6 nitrogen and oxygen atoms in total. The van der Waals surface area contributed by atoms with Crippen LogP contribution in [0.1, 0.15) is 23.2 Å². The smallest absolute Gasteiger partial charge is 0.253 e. The van der Waals surface area contributed by atoms with Crippen LogP contribution in [-0.4, -0.2) is 45.0 Å². The number of carbonyl (C=O) groups is 1. The van der Waals surface area contributed by atoms with Crippen molar-refractivity contribution in [3.05, 3.63) is 80.9 Å². The molecule has 4 aromatic rings. The molecule has 1 fully saturated rings. The van der Waals surface area contributed by atoms with Crippen LogP contribution in [0.15, 0.2) is 65.3 Å². The normalized spacial score (nSPS) is 14.5. The Bertz CT molecular complexity index is 1350. The van der Waals surface area contributed by atoms with Gasteiger partial charge in [-0.05, 0) is 59.0 Å². The lowest BCUT2D eigenvalue weighted by atomic mass is 9.96. The maximum Gasteiger partial charge on any atom is 0.253 e. The largest absolute Gasteiger partial charge is 0.370 e. The van der Waals surface area contributed by atoms with E-state index >= 15 is 0 Å². The Morgan fingerprint density at radius 2 is 1.88 bits per heavy atom. The second-order valence-electron chi connectivity index (χ2n) is 8.36. The van der Waals surface area contributed by atoms with Gasteiger partial charge in [-0.2, -0.15) is 9.61 Å². The fraction of sp³-hybridized carbons (Fsp3) is 0.240. The van der Waals surface area contributed by atoms with E-state index in [2.05, 4.69) is 26.3 Å². The van der Waals surface area contributed by atoms with Crippen LogP contribution in [0.5, 0.6) is 0 Å². The van der Waals surface area contributed by atoms with Crippen molar-refractivity contribution in [1.82, 2.24) is 19.5 Å². The Morgan fingerprint density at radius 1 is 1.09 bits per heavy atom. The molecule has 174 valence electrons. The zero-order valence-corrected chi connectivity index (χ0v) is 21.3. The summed E-state index contributed by atoms with van der Waals surface area (Å²) >= 11 is 16.0. The number of hydrogen-bond donors (Lipinski definition) is 1. The Balaban J connectivity index is 1.28. The predicted molar refractivity (Wildman–Crippen MR) is 140 cm³/mol. The number of fused-ring (bicyclic) bond motifs is 1. The summed E-state index contributed by atoms with van der Waals surface area (Å²) in [4.78, 5) is 19.5. The van der Waals surface area contributed by atoms with Crippen molar-refractivity contribution < 1.29 is 4.79 Å². The molecule has 0 unspecified atom stereocenters. The summed E-state index contributed by atoms with van der Waals surface area (Å²) in [7, 11) is 0. The van der Waals surface area contributed by atoms with E-state index in [1.165, 1.54) is 0 Å². The zero-order chi connectivity index (χ0) is 23.7. The lowest BCUT2D eigenvalue weighted by Crippen LogP contribution is -2.40. The van der Waals surface area contributed by atoms with Gasteiger partial charge in [0.25, 0.3) is 5.91 Å². The summed E-state index contributed by atoms with van der Waals surface area (Å²) in [5.41, 5.74) is 3.01. The van der Waals surface area contributed by atoms with Crippen LogP contribution in [0.25, 0.3) is 16.9 Å². The topological polar surface area (TPSA) is 62.5 Å². The molecule has 0 saturated carbocycles. The van der Waals surface area contributed by atoms with Crippen molar-refractivity contribution in [1.29, 1.82) is 0 Å². The van der Waals surface area contributed by atoms with Gasteiger partial charge in [-0.25, -0.2) is 4.98 Å². The van der Waals surface area contributed by atoms with Gasteiger partial charge < -0.3 is 10.2 Å². The van der Waals surface area contributed by atoms with E-state index < -0.39 is 0 Å². The fourth-order valence-corrected chi connectivity index (χ4v) is 5.03. The van der Waals surface area contributed by atoms with E-state index in [4.69, 9.17) is 28.2 Å². The highest BCUT2D eigenvalue weighted by Gasteiger charge is 2.24. The van der Waals surface area contributed by atoms with Crippen molar-refractivity contribution in [2.75, 3.05) is 25.0 Å². The van der Waals surface area contributed by atoms with Crippen LogP contribution < -0.4 is 5.32 Å². The summed E-state index contributed by atoms with van der Waals surface area (Å²) in [6.07, 6.45) is 3.59. The number of nitrogens with one attached hydrogen (secondary N) is 1. The molecule has 3 heterocycles. The van der Waals surface area contributed by atoms with E-state index in [-0.39, 0.29) is 5.91 Å². The highest BCUT2D eigenvalue weighted by Crippen LogP contribution is 2.30. The minimum Gasteiger partial charge on any atom is -0.370 e. The molecule has 0 spiro atoms. The van der Waals surface area contributed by atoms with E-state index in [0.29, 0.717) is 21.5 Å². The van der Waals surface area contributed by atoms with Crippen LogP contribution in [0.4, 0.5) is 5.82 Å². The molecule has 1 saturated heterocycles. The Kier molecular flexibility index (Phi) is 6.77. The van der Waals surface area contributed by atoms with Crippen LogP contribution in [0.3, 0.4) is 0 Å². The van der Waals surface area contributed by atoms with E-state index in [0.717, 1.165) is 59.7 Å². The van der Waals surface area contributed by atoms with Crippen molar-refractivity contribution in [3.8, 4) is 11.3 Å². The second-order valence-corrected chi connectivity index (χ2v) is 10.1. The standard InChI is InChI=1S/C25H22BrCl2N5O/c26-20-15-30-33-23(13-22(31-24(20)33)19-6-1-2-7-21(19)28)29-14-16-8-10-32(11-9-16)25(34)17-4-3-5-18(27)12-17/h1-7,12-13,15-16,29H,8-11,14H2. The maximum absolute atomic E-state index is 12.8. The number of rotatable bonds is 5. The number of piperidine rings is 1. The van der Waals surface area contributed by atoms with Crippen LogP contribution in [0, 0.1) is 5.92 Å². The predicted octanol–water partition coefficient (Wildman–Crippen LogP) is 6.43. The monoisotopic (exact) mass is 557 g/mol. The summed E-state index contributed by atoms with van der Waals surface area (Å²) in [6, 6.07) is 16.8. The van der Waals surface area contributed by atoms with Gasteiger partial charge >= 0.3 is 0 Å². The number of amides is 1. The molecule has 1 aliphatic rings. The van der Waals surface area contributed by atoms with Crippen LogP contribution in [-0.2, 0) is 0 Å². The number of halogens is 3. The molecule has 2 aromatic heterocycles. The molecule has 0 bridgehead atoms. The first-order chi connectivity index (χ1) is 16.5. The average Bonchev–Trinajstić information content (AvgIpc) is 3.23. The minimum absolute atomic E-state index is 0.0375. The van der Waals surface area contributed by atoms with E-state index in [1.54, 1.807) is 22.8 Å². The van der Waals surface area contributed by atoms with Gasteiger partial charge in [0.15, 0.2) is 5.65 Å². The van der Waals surface area contributed by atoms with Gasteiger partial charge in [-0.1, -0.05) is 47.5 Å². The summed E-state index contributed by atoms with van der Waals surface area (Å²) < 4.78 is 2.61. The molecule has 1 amide bonds. The van der Waals surface area contributed by atoms with Gasteiger partial charge in [-0.15, -0.1) is 0 Å². The van der Waals surface area contributed by atoms with Crippen molar-refractivity contribution >= 4 is 56.5 Å². The highest BCUT2D eigenvalue weighted by atomic mass is 79.9. The van der Waals surface area contributed by atoms with Crippen LogP contribution >= 0.6 is 39.1 Å². The van der Waals surface area contributed by atoms with E-state index in [9.17, 15) is 4.79 Å². The molecule has 5 rings (SSSR count). The molecule has 2 aromatic carbocycles. The minimum atomic E-state index is 0.0375. The Labute approximate surface area is 216 Å². The molecule has 1 aliphatic heterocycles. The van der Waals surface area contributed by atoms with Gasteiger partial charge in [0, 0.05) is 46.9 Å². The SMILES string of the molecule is O=C(c1cccc(Cl)c1)N1CCC(CNc2cc(-c3ccccc3Cl)nc3c(Br)cnn23)CC1. The molecular weight excluding hydrogens is 537 g/mol. The number of nitrogens with zero attached hydrogens (tertiary/aromatic N) is 4. The molecule has 0 aliphatic carbocycles. The van der Waals surface area contributed by atoms with Gasteiger partial charge in [0.2, 0.25) is 0 Å². The number of anilines is 1. The Hall–Kier alpha value is -2.61.